The van der Waals surface area contributed by atoms with E-state index in [-0.39, 0.29) is 12.5 Å². The number of hydrogen-bond acceptors (Lipinski definition) is 20. The Morgan fingerprint density at radius 2 is 1.14 bits per heavy atom. The van der Waals surface area contributed by atoms with Crippen molar-refractivity contribution in [1.29, 1.82) is 0 Å². The number of aliphatic hydroxyl groups excluding tert-OH is 6. The van der Waals surface area contributed by atoms with E-state index in [0.717, 1.165) is 70.6 Å². The van der Waals surface area contributed by atoms with Crippen molar-refractivity contribution in [1.82, 2.24) is 0 Å². The smallest absolute Gasteiger partial charge is 0.309 e. The third-order valence-corrected chi connectivity index (χ3v) is 14.1. The predicted molar refractivity (Wildman–Crippen MR) is 243 cm³/mol. The van der Waals surface area contributed by atoms with E-state index >= 15 is 0 Å². The maximum absolute atomic E-state index is 13.6. The molecule has 4 bridgehead atoms. The highest BCUT2D eigenvalue weighted by molar-refractivity contribution is 5.72. The number of unbranched alkanes of at least 4 members (excludes halogenated alkanes) is 2. The lowest BCUT2D eigenvalue weighted by molar-refractivity contribution is -0.383. The Kier molecular flexibility index (Phi) is 22.8. The molecule has 22 unspecified atom stereocenters. The van der Waals surface area contributed by atoms with E-state index in [0.29, 0.717) is 12.8 Å². The first-order chi connectivity index (χ1) is 32.8. The van der Waals surface area contributed by atoms with Crippen molar-refractivity contribution in [2.24, 2.45) is 11.8 Å². The van der Waals surface area contributed by atoms with Crippen LogP contribution in [0.2, 0.25) is 0 Å². The molecule has 6 rings (SSSR count). The van der Waals surface area contributed by atoms with Crippen LogP contribution in [0.15, 0.2) is 0 Å². The van der Waals surface area contributed by atoms with Crippen molar-refractivity contribution in [3.8, 4) is 0 Å². The summed E-state index contributed by atoms with van der Waals surface area (Å²) >= 11 is 0. The Hall–Kier alpha value is -2.15. The molecule has 20 nitrogen and oxygen atoms in total. The number of esters is 3. The summed E-state index contributed by atoms with van der Waals surface area (Å²) in [4.78, 5) is 39.4. The van der Waals surface area contributed by atoms with Gasteiger partial charge in [-0.05, 0) is 53.4 Å². The number of carbonyl (C=O) groups excluding carboxylic acids is 3. The molecule has 0 aromatic heterocycles. The molecular formula is C49H84O20. The average molecular weight is 993 g/mol. The van der Waals surface area contributed by atoms with Gasteiger partial charge in [0.05, 0.1) is 42.4 Å². The van der Waals surface area contributed by atoms with Crippen LogP contribution in [0.1, 0.15) is 152 Å². The third kappa shape index (κ3) is 15.2. The lowest BCUT2D eigenvalue weighted by atomic mass is 9.95. The molecular weight excluding hydrogens is 909 g/mol. The van der Waals surface area contributed by atoms with E-state index in [2.05, 4.69) is 6.92 Å². The molecule has 6 saturated heterocycles. The van der Waals surface area contributed by atoms with Crippen LogP contribution in [0.5, 0.6) is 0 Å². The minimum atomic E-state index is -1.76. The van der Waals surface area contributed by atoms with Crippen molar-refractivity contribution >= 4 is 17.9 Å². The molecule has 0 aliphatic carbocycles. The average Bonchev–Trinajstić information content (AvgIpc) is 3.30. The van der Waals surface area contributed by atoms with Crippen LogP contribution in [0.25, 0.3) is 0 Å². The first-order valence-corrected chi connectivity index (χ1v) is 25.7. The highest BCUT2D eigenvalue weighted by atomic mass is 16.8. The Bertz CT molecular complexity index is 1570. The molecule has 69 heavy (non-hydrogen) atoms. The van der Waals surface area contributed by atoms with Gasteiger partial charge in [-0.15, -0.1) is 0 Å². The summed E-state index contributed by atoms with van der Waals surface area (Å²) in [5.74, 6) is -3.11. The lowest BCUT2D eigenvalue weighted by Crippen LogP contribution is -2.67. The highest BCUT2D eigenvalue weighted by Crippen LogP contribution is 2.37. The topological polar surface area (TPSA) is 274 Å². The van der Waals surface area contributed by atoms with Crippen LogP contribution in [0.3, 0.4) is 0 Å². The van der Waals surface area contributed by atoms with Crippen molar-refractivity contribution < 1.29 is 97.1 Å². The van der Waals surface area contributed by atoms with E-state index < -0.39 is 153 Å². The molecule has 400 valence electrons. The standard InChI is InChI=1S/C49H84O20/c1-10-12-18-21-30-22-19-16-14-13-15-17-20-23-31(50)64-42-37(56)48(67-39-27(7)59-46(63-30)34(53)33(39)52)61-29(9)41(42)69-49-43(66-45(58)25(5)11-2)36(55)40(28(8)62-49)68-47-35(54)32(51)38(26(6)60-47)65-44(57)24(3)4/h24-30,32-43,46-49,51-56H,10-23H2,1-9H3. The van der Waals surface area contributed by atoms with Gasteiger partial charge >= 0.3 is 17.9 Å². The van der Waals surface area contributed by atoms with E-state index in [9.17, 15) is 45.0 Å². The van der Waals surface area contributed by atoms with E-state index in [4.69, 9.17) is 52.1 Å². The van der Waals surface area contributed by atoms with Gasteiger partial charge in [0.25, 0.3) is 0 Å². The molecule has 0 saturated carbocycles. The Balaban J connectivity index is 1.38. The summed E-state index contributed by atoms with van der Waals surface area (Å²) in [6.07, 6.45) is -17.1. The molecule has 0 aromatic rings. The largest absolute Gasteiger partial charge is 0.457 e. The number of aliphatic hydroxyl groups is 6. The second-order valence-corrected chi connectivity index (χ2v) is 20.1. The molecule has 6 heterocycles. The van der Waals surface area contributed by atoms with Crippen LogP contribution >= 0.6 is 0 Å². The number of carbonyl (C=O) groups is 3. The van der Waals surface area contributed by atoms with Crippen LogP contribution in [0.4, 0.5) is 0 Å². The molecule has 0 aromatic carbocycles. The van der Waals surface area contributed by atoms with Gasteiger partial charge in [-0.3, -0.25) is 14.4 Å². The first kappa shape index (κ1) is 57.7. The van der Waals surface area contributed by atoms with Crippen LogP contribution in [-0.4, -0.2) is 177 Å². The van der Waals surface area contributed by atoms with Crippen LogP contribution in [-0.2, 0) is 66.5 Å². The van der Waals surface area contributed by atoms with Crippen molar-refractivity contribution in [2.45, 2.75) is 281 Å². The summed E-state index contributed by atoms with van der Waals surface area (Å²) in [5.41, 5.74) is 0. The van der Waals surface area contributed by atoms with Crippen LogP contribution < -0.4 is 0 Å². The molecule has 0 spiro atoms. The molecule has 0 radical (unpaired) electrons. The molecule has 0 amide bonds. The van der Waals surface area contributed by atoms with Gasteiger partial charge in [-0.25, -0.2) is 0 Å². The normalized spacial score (nSPS) is 42.7. The fourth-order valence-electron chi connectivity index (χ4n) is 9.41. The van der Waals surface area contributed by atoms with Gasteiger partial charge < -0.3 is 82.7 Å². The van der Waals surface area contributed by atoms with Gasteiger partial charge in [-0.2, -0.15) is 0 Å². The summed E-state index contributed by atoms with van der Waals surface area (Å²) in [6.45, 7) is 15.0. The summed E-state index contributed by atoms with van der Waals surface area (Å²) < 4.78 is 66.9. The van der Waals surface area contributed by atoms with Gasteiger partial charge in [0.2, 0.25) is 0 Å². The van der Waals surface area contributed by atoms with Crippen molar-refractivity contribution in [3.63, 3.8) is 0 Å². The maximum Gasteiger partial charge on any atom is 0.309 e. The molecule has 20 heteroatoms. The fourth-order valence-corrected chi connectivity index (χ4v) is 9.41. The highest BCUT2D eigenvalue weighted by Gasteiger charge is 2.56. The van der Waals surface area contributed by atoms with Crippen molar-refractivity contribution in [2.75, 3.05) is 0 Å². The van der Waals surface area contributed by atoms with E-state index in [1.54, 1.807) is 41.5 Å². The second kappa shape index (κ2) is 27.2. The number of rotatable bonds is 13. The number of fused-ring (bicyclic) bond motifs is 14. The Morgan fingerprint density at radius 3 is 1.81 bits per heavy atom. The number of ether oxygens (including phenoxy) is 11. The molecule has 6 N–H and O–H groups in total. The number of hydrogen-bond donors (Lipinski definition) is 6. The first-order valence-electron chi connectivity index (χ1n) is 25.7. The quantitative estimate of drug-likeness (QED) is 0.0878. The zero-order chi connectivity index (χ0) is 50.7. The molecule has 6 aliphatic heterocycles. The van der Waals surface area contributed by atoms with Gasteiger partial charge in [-0.1, -0.05) is 92.4 Å². The summed E-state index contributed by atoms with van der Waals surface area (Å²) in [5, 5.41) is 69.0. The molecule has 22 atom stereocenters. The zero-order valence-electron chi connectivity index (χ0n) is 42.1. The van der Waals surface area contributed by atoms with E-state index in [1.807, 2.05) is 0 Å². The zero-order valence-corrected chi connectivity index (χ0v) is 42.1. The Morgan fingerprint density at radius 1 is 0.565 bits per heavy atom. The van der Waals surface area contributed by atoms with Gasteiger partial charge in [0.1, 0.15) is 54.9 Å². The predicted octanol–water partition coefficient (Wildman–Crippen LogP) is 3.21. The van der Waals surface area contributed by atoms with Gasteiger partial charge in [0.15, 0.2) is 43.5 Å². The fraction of sp³-hybridized carbons (Fsp3) is 0.939. The van der Waals surface area contributed by atoms with Crippen molar-refractivity contribution in [3.05, 3.63) is 0 Å². The van der Waals surface area contributed by atoms with Gasteiger partial charge in [0, 0.05) is 6.42 Å². The summed E-state index contributed by atoms with van der Waals surface area (Å²) in [7, 11) is 0. The second-order valence-electron chi connectivity index (χ2n) is 20.1. The Labute approximate surface area is 407 Å². The maximum atomic E-state index is 13.6. The van der Waals surface area contributed by atoms with Crippen LogP contribution in [0, 0.1) is 11.8 Å². The summed E-state index contributed by atoms with van der Waals surface area (Å²) in [6, 6.07) is 0. The monoisotopic (exact) mass is 993 g/mol. The SMILES string of the molecule is CCCCCC1CCCCCCCCCC(=O)OC2C(O)C(OC(C)C2OC2OC(C)C(OC3OC(C)C(OC(=O)C(C)C)C(O)C3O)C(O)C2OC(=O)C(C)CC)OC2C(C)OC(O1)C(O)C2O. The van der Waals surface area contributed by atoms with E-state index in [1.165, 1.54) is 13.8 Å². The molecule has 6 aliphatic rings. The minimum absolute atomic E-state index is 0.0282. The third-order valence-electron chi connectivity index (χ3n) is 14.1. The molecule has 6 fully saturated rings. The lowest BCUT2D eigenvalue weighted by Gasteiger charge is -2.49. The minimum Gasteiger partial charge on any atom is -0.457 e.